The lowest BCUT2D eigenvalue weighted by atomic mass is 9.97. The standard InChI is InChI=1S/C23H18ClN3O3S/c1-25-18-12-17-13-19(26-31(29,30)20-10-6-3-7-11-20)15-27(22(17)21(24)14-18)23(28)16-8-4-2-5-9-16/h2-12,14,19,26H,13,15H2. The van der Waals surface area contributed by atoms with Crippen molar-refractivity contribution < 1.29 is 13.2 Å². The Kier molecular flexibility index (Phi) is 5.79. The number of carbonyl (C=O) groups is 1. The van der Waals surface area contributed by atoms with Crippen LogP contribution in [0.2, 0.25) is 5.02 Å². The second-order valence-corrected chi connectivity index (χ2v) is 9.29. The van der Waals surface area contributed by atoms with E-state index in [4.69, 9.17) is 18.2 Å². The van der Waals surface area contributed by atoms with Gasteiger partial charge in [-0.05, 0) is 42.3 Å². The molecule has 0 bridgehead atoms. The van der Waals surface area contributed by atoms with Crippen LogP contribution in [0.4, 0.5) is 11.4 Å². The van der Waals surface area contributed by atoms with E-state index in [2.05, 4.69) is 9.57 Å². The number of amides is 1. The maximum Gasteiger partial charge on any atom is 0.258 e. The van der Waals surface area contributed by atoms with E-state index in [9.17, 15) is 13.2 Å². The summed E-state index contributed by atoms with van der Waals surface area (Å²) in [6.07, 6.45) is 0.309. The fourth-order valence-electron chi connectivity index (χ4n) is 3.69. The summed E-state index contributed by atoms with van der Waals surface area (Å²) in [5, 5.41) is 0.289. The van der Waals surface area contributed by atoms with Crippen molar-refractivity contribution >= 4 is 38.9 Å². The second kappa shape index (κ2) is 8.52. The summed E-state index contributed by atoms with van der Waals surface area (Å²) in [4.78, 5) is 18.4. The van der Waals surface area contributed by atoms with Gasteiger partial charge in [0.2, 0.25) is 10.0 Å². The van der Waals surface area contributed by atoms with Crippen LogP contribution in [-0.2, 0) is 16.4 Å². The molecule has 0 saturated carbocycles. The molecule has 1 unspecified atom stereocenters. The van der Waals surface area contributed by atoms with Crippen molar-refractivity contribution in [2.45, 2.75) is 17.4 Å². The van der Waals surface area contributed by atoms with Gasteiger partial charge in [0.05, 0.1) is 22.2 Å². The molecule has 6 nitrogen and oxygen atoms in total. The predicted molar refractivity (Wildman–Crippen MR) is 120 cm³/mol. The van der Waals surface area contributed by atoms with Crippen molar-refractivity contribution in [3.8, 4) is 0 Å². The first-order valence-corrected chi connectivity index (χ1v) is 11.4. The maximum atomic E-state index is 13.3. The molecular formula is C23H18ClN3O3S. The minimum absolute atomic E-state index is 0.115. The Bertz CT molecular complexity index is 1270. The third kappa shape index (κ3) is 4.32. The Hall–Kier alpha value is -3.18. The van der Waals surface area contributed by atoms with Crippen molar-refractivity contribution in [1.82, 2.24) is 4.72 Å². The van der Waals surface area contributed by atoms with Crippen LogP contribution in [0.25, 0.3) is 4.85 Å². The second-order valence-electron chi connectivity index (χ2n) is 7.16. The van der Waals surface area contributed by atoms with Gasteiger partial charge in [0.15, 0.2) is 5.69 Å². The third-order valence-electron chi connectivity index (χ3n) is 5.04. The van der Waals surface area contributed by atoms with Crippen LogP contribution in [0.1, 0.15) is 15.9 Å². The Morgan fingerprint density at radius 2 is 1.71 bits per heavy atom. The largest absolute Gasteiger partial charge is 0.305 e. The molecule has 3 aromatic carbocycles. The molecule has 3 aromatic rings. The van der Waals surface area contributed by atoms with Crippen LogP contribution in [0, 0.1) is 6.57 Å². The average molecular weight is 452 g/mol. The van der Waals surface area contributed by atoms with Gasteiger partial charge in [-0.2, -0.15) is 0 Å². The van der Waals surface area contributed by atoms with E-state index < -0.39 is 16.1 Å². The normalized spacial score (nSPS) is 15.7. The van der Waals surface area contributed by atoms with E-state index >= 15 is 0 Å². The highest BCUT2D eigenvalue weighted by Crippen LogP contribution is 2.39. The highest BCUT2D eigenvalue weighted by molar-refractivity contribution is 7.89. The third-order valence-corrected chi connectivity index (χ3v) is 6.86. The van der Waals surface area contributed by atoms with E-state index in [1.165, 1.54) is 23.1 Å². The number of nitrogens with one attached hydrogen (secondary N) is 1. The first-order chi connectivity index (χ1) is 14.9. The number of nitrogens with zero attached hydrogens (tertiary/aromatic N) is 2. The first kappa shape index (κ1) is 21.1. The SMILES string of the molecule is [C-]#[N+]c1cc(Cl)c2c(c1)CC(NS(=O)(=O)c1ccccc1)CN2C(=O)c1ccccc1. The fourth-order valence-corrected chi connectivity index (χ4v) is 5.27. The van der Waals surface area contributed by atoms with Crippen molar-refractivity contribution in [3.63, 3.8) is 0 Å². The van der Waals surface area contributed by atoms with E-state index in [1.807, 2.05) is 6.07 Å². The highest BCUT2D eigenvalue weighted by Gasteiger charge is 2.33. The van der Waals surface area contributed by atoms with Crippen LogP contribution in [0.15, 0.2) is 77.7 Å². The molecule has 0 spiro atoms. The van der Waals surface area contributed by atoms with Gasteiger partial charge in [-0.3, -0.25) is 4.79 Å². The van der Waals surface area contributed by atoms with Crippen LogP contribution in [-0.4, -0.2) is 26.9 Å². The maximum absolute atomic E-state index is 13.3. The monoisotopic (exact) mass is 451 g/mol. The number of hydrogen-bond acceptors (Lipinski definition) is 3. The Morgan fingerprint density at radius 3 is 2.35 bits per heavy atom. The van der Waals surface area contributed by atoms with Gasteiger partial charge in [0.1, 0.15) is 0 Å². The van der Waals surface area contributed by atoms with Gasteiger partial charge in [-0.25, -0.2) is 18.0 Å². The lowest BCUT2D eigenvalue weighted by Gasteiger charge is -2.36. The quantitative estimate of drug-likeness (QED) is 0.596. The minimum Gasteiger partial charge on any atom is -0.305 e. The molecule has 8 heteroatoms. The zero-order valence-corrected chi connectivity index (χ0v) is 17.9. The zero-order chi connectivity index (χ0) is 22.0. The predicted octanol–water partition coefficient (Wildman–Crippen LogP) is 4.44. The van der Waals surface area contributed by atoms with Crippen molar-refractivity contribution in [2.75, 3.05) is 11.4 Å². The van der Waals surface area contributed by atoms with Crippen LogP contribution >= 0.6 is 11.6 Å². The average Bonchev–Trinajstić information content (AvgIpc) is 2.78. The lowest BCUT2D eigenvalue weighted by molar-refractivity contribution is 0.0982. The summed E-state index contributed by atoms with van der Waals surface area (Å²) in [5.74, 6) is -0.289. The highest BCUT2D eigenvalue weighted by atomic mass is 35.5. The van der Waals surface area contributed by atoms with E-state index in [1.54, 1.807) is 48.5 Å². The molecule has 4 rings (SSSR count). The van der Waals surface area contributed by atoms with Crippen molar-refractivity contribution in [3.05, 3.63) is 100 Å². The first-order valence-electron chi connectivity index (χ1n) is 9.53. The van der Waals surface area contributed by atoms with Gasteiger partial charge in [-0.15, -0.1) is 0 Å². The van der Waals surface area contributed by atoms with E-state index in [0.717, 1.165) is 0 Å². The lowest BCUT2D eigenvalue weighted by Crippen LogP contribution is -2.50. The Labute approximate surface area is 186 Å². The molecule has 156 valence electrons. The van der Waals surface area contributed by atoms with Crippen molar-refractivity contribution in [2.24, 2.45) is 0 Å². The van der Waals surface area contributed by atoms with Crippen LogP contribution < -0.4 is 9.62 Å². The van der Waals surface area contributed by atoms with Gasteiger partial charge >= 0.3 is 0 Å². The summed E-state index contributed by atoms with van der Waals surface area (Å²) in [5.41, 5.74) is 1.96. The number of fused-ring (bicyclic) bond motifs is 1. The van der Waals surface area contributed by atoms with Gasteiger partial charge in [-0.1, -0.05) is 54.1 Å². The summed E-state index contributed by atoms with van der Waals surface area (Å²) < 4.78 is 28.4. The van der Waals surface area contributed by atoms with Crippen LogP contribution in [0.3, 0.4) is 0 Å². The summed E-state index contributed by atoms with van der Waals surface area (Å²) in [6.45, 7) is 7.42. The summed E-state index contributed by atoms with van der Waals surface area (Å²) in [6, 6.07) is 19.4. The van der Waals surface area contributed by atoms with Gasteiger partial charge in [0.25, 0.3) is 5.91 Å². The minimum atomic E-state index is -3.78. The molecule has 0 saturated heterocycles. The molecular weight excluding hydrogens is 434 g/mol. The van der Waals surface area contributed by atoms with Gasteiger partial charge in [0, 0.05) is 18.2 Å². The van der Waals surface area contributed by atoms with Crippen LogP contribution in [0.5, 0.6) is 0 Å². The Morgan fingerprint density at radius 1 is 1.06 bits per heavy atom. The number of carbonyl (C=O) groups excluding carboxylic acids is 1. The number of rotatable bonds is 4. The molecule has 0 aromatic heterocycles. The molecule has 1 aliphatic heterocycles. The molecule has 0 fully saturated rings. The number of benzene rings is 3. The smallest absolute Gasteiger partial charge is 0.258 e. The zero-order valence-electron chi connectivity index (χ0n) is 16.3. The summed E-state index contributed by atoms with van der Waals surface area (Å²) in [7, 11) is -3.78. The number of anilines is 1. The van der Waals surface area contributed by atoms with E-state index in [-0.39, 0.29) is 22.4 Å². The topological polar surface area (TPSA) is 70.8 Å². The fraction of sp³-hybridized carbons (Fsp3) is 0.130. The molecule has 0 radical (unpaired) electrons. The number of halogens is 1. The molecule has 1 N–H and O–H groups in total. The molecule has 1 aliphatic rings. The molecule has 1 atom stereocenters. The summed E-state index contributed by atoms with van der Waals surface area (Å²) >= 11 is 6.45. The van der Waals surface area contributed by atoms with E-state index in [0.29, 0.717) is 28.9 Å². The number of hydrogen-bond donors (Lipinski definition) is 1. The van der Waals surface area contributed by atoms with Gasteiger partial charge < -0.3 is 4.90 Å². The molecule has 1 heterocycles. The van der Waals surface area contributed by atoms with Crippen molar-refractivity contribution in [1.29, 1.82) is 0 Å². The Balaban J connectivity index is 1.74. The number of sulfonamides is 1. The molecule has 31 heavy (non-hydrogen) atoms. The molecule has 1 amide bonds. The molecule has 0 aliphatic carbocycles.